The van der Waals surface area contributed by atoms with E-state index < -0.39 is 0 Å². The quantitative estimate of drug-likeness (QED) is 0.749. The number of halogens is 1. The maximum atomic E-state index is 11.4. The summed E-state index contributed by atoms with van der Waals surface area (Å²) >= 11 is 3.71. The highest BCUT2D eigenvalue weighted by Gasteiger charge is 2.23. The molecule has 0 unspecified atom stereocenters. The standard InChI is InChI=1S/C17H18BrNO/c18-16-10-19-7-1-2-12-8-13(9-15(16)17(12)19)11-3-5-14(20)6-4-11/h8-11H,1-7H2. The minimum absolute atomic E-state index is 0.441. The van der Waals surface area contributed by atoms with Crippen LogP contribution in [0.4, 0.5) is 0 Å². The summed E-state index contributed by atoms with van der Waals surface area (Å²) in [6, 6.07) is 4.76. The molecule has 0 saturated heterocycles. The molecule has 3 heteroatoms. The zero-order valence-corrected chi connectivity index (χ0v) is 13.1. The van der Waals surface area contributed by atoms with Gasteiger partial charge in [-0.3, -0.25) is 4.79 Å². The van der Waals surface area contributed by atoms with Gasteiger partial charge in [-0.15, -0.1) is 0 Å². The van der Waals surface area contributed by atoms with E-state index in [-0.39, 0.29) is 0 Å². The predicted octanol–water partition coefficient (Wildman–Crippen LogP) is 4.58. The number of ketones is 1. The van der Waals surface area contributed by atoms with E-state index in [1.54, 1.807) is 0 Å². The van der Waals surface area contributed by atoms with E-state index in [9.17, 15) is 4.79 Å². The number of Topliss-reactive ketones (excluding diaryl/α,β-unsaturated/α-hetero) is 1. The lowest BCUT2D eigenvalue weighted by Gasteiger charge is -2.23. The SMILES string of the molecule is O=C1CCC(c2cc3c4c(c2)c(Br)cn4CCC3)CC1. The summed E-state index contributed by atoms with van der Waals surface area (Å²) in [5.74, 6) is 1.02. The molecule has 1 aliphatic heterocycles. The Balaban J connectivity index is 1.82. The first-order valence-corrected chi connectivity index (χ1v) is 8.34. The molecule has 1 aliphatic carbocycles. The molecule has 20 heavy (non-hydrogen) atoms. The summed E-state index contributed by atoms with van der Waals surface area (Å²) in [5, 5.41) is 1.36. The Bertz CT molecular complexity index is 691. The van der Waals surface area contributed by atoms with E-state index in [2.05, 4.69) is 38.8 Å². The third kappa shape index (κ3) is 1.95. The number of carbonyl (C=O) groups excluding carboxylic acids is 1. The van der Waals surface area contributed by atoms with Crippen molar-refractivity contribution < 1.29 is 4.79 Å². The van der Waals surface area contributed by atoms with Crippen LogP contribution in [0.3, 0.4) is 0 Å². The van der Waals surface area contributed by atoms with Crippen LogP contribution in [0.25, 0.3) is 10.9 Å². The summed E-state index contributed by atoms with van der Waals surface area (Å²) in [4.78, 5) is 11.4. The number of aryl methyl sites for hydroxylation is 2. The number of nitrogens with zero attached hydrogens (tertiary/aromatic N) is 1. The smallest absolute Gasteiger partial charge is 0.132 e. The zero-order valence-electron chi connectivity index (χ0n) is 11.5. The van der Waals surface area contributed by atoms with E-state index in [1.165, 1.54) is 39.3 Å². The molecule has 1 saturated carbocycles. The maximum Gasteiger partial charge on any atom is 0.132 e. The lowest BCUT2D eigenvalue weighted by Crippen LogP contribution is -2.13. The second kappa shape index (κ2) is 4.73. The van der Waals surface area contributed by atoms with Gasteiger partial charge in [0.1, 0.15) is 5.78 Å². The molecule has 2 heterocycles. The van der Waals surface area contributed by atoms with Crippen molar-refractivity contribution >= 4 is 32.6 Å². The van der Waals surface area contributed by atoms with E-state index >= 15 is 0 Å². The van der Waals surface area contributed by atoms with Crippen LogP contribution in [0.2, 0.25) is 0 Å². The maximum absolute atomic E-state index is 11.4. The van der Waals surface area contributed by atoms with Crippen LogP contribution in [-0.4, -0.2) is 10.4 Å². The molecule has 0 atom stereocenters. The van der Waals surface area contributed by atoms with Crippen molar-refractivity contribution in [3.63, 3.8) is 0 Å². The second-order valence-corrected chi connectivity index (χ2v) is 7.02. The van der Waals surface area contributed by atoms with Gasteiger partial charge in [-0.2, -0.15) is 0 Å². The number of hydrogen-bond donors (Lipinski definition) is 0. The summed E-state index contributed by atoms with van der Waals surface area (Å²) in [6.07, 6.45) is 8.23. The van der Waals surface area contributed by atoms with E-state index in [4.69, 9.17) is 0 Å². The van der Waals surface area contributed by atoms with Crippen LogP contribution in [-0.2, 0) is 17.8 Å². The van der Waals surface area contributed by atoms with Crippen molar-refractivity contribution in [2.24, 2.45) is 0 Å². The van der Waals surface area contributed by atoms with Crippen molar-refractivity contribution in [2.45, 2.75) is 51.0 Å². The predicted molar refractivity (Wildman–Crippen MR) is 84.2 cm³/mol. The molecule has 1 aromatic carbocycles. The van der Waals surface area contributed by atoms with E-state index in [0.29, 0.717) is 11.7 Å². The van der Waals surface area contributed by atoms with Crippen LogP contribution in [0.15, 0.2) is 22.8 Å². The van der Waals surface area contributed by atoms with Gasteiger partial charge in [0.05, 0.1) is 5.52 Å². The first-order chi connectivity index (χ1) is 9.72. The molecule has 2 aliphatic rings. The molecule has 0 spiro atoms. The van der Waals surface area contributed by atoms with Gasteiger partial charge in [-0.25, -0.2) is 0 Å². The average Bonchev–Trinajstić information content (AvgIpc) is 2.78. The van der Waals surface area contributed by atoms with Crippen LogP contribution in [0, 0.1) is 0 Å². The second-order valence-electron chi connectivity index (χ2n) is 6.16. The molecular formula is C17H18BrNO. The van der Waals surface area contributed by atoms with Gasteiger partial charge in [0.25, 0.3) is 0 Å². The molecule has 4 rings (SSSR count). The minimum Gasteiger partial charge on any atom is -0.346 e. The number of hydrogen-bond acceptors (Lipinski definition) is 1. The van der Waals surface area contributed by atoms with Crippen molar-refractivity contribution in [3.05, 3.63) is 33.9 Å². The lowest BCUT2D eigenvalue weighted by atomic mass is 9.82. The normalized spacial score (nSPS) is 19.8. The van der Waals surface area contributed by atoms with Gasteiger partial charge in [0, 0.05) is 35.4 Å². The van der Waals surface area contributed by atoms with E-state index in [1.807, 2.05) is 0 Å². The summed E-state index contributed by atoms with van der Waals surface area (Å²) in [6.45, 7) is 1.13. The van der Waals surface area contributed by atoms with Gasteiger partial charge >= 0.3 is 0 Å². The van der Waals surface area contributed by atoms with Gasteiger partial charge in [-0.1, -0.05) is 6.07 Å². The minimum atomic E-state index is 0.441. The molecule has 2 aromatic rings. The molecule has 0 amide bonds. The Labute approximate surface area is 127 Å². The third-order valence-corrected chi connectivity index (χ3v) is 5.52. The highest BCUT2D eigenvalue weighted by Crippen LogP contribution is 2.38. The van der Waals surface area contributed by atoms with Crippen LogP contribution >= 0.6 is 15.9 Å². The largest absolute Gasteiger partial charge is 0.346 e. The Morgan fingerprint density at radius 1 is 1.15 bits per heavy atom. The third-order valence-electron chi connectivity index (χ3n) is 4.88. The zero-order chi connectivity index (χ0) is 13.7. The lowest BCUT2D eigenvalue weighted by molar-refractivity contribution is -0.120. The van der Waals surface area contributed by atoms with Crippen LogP contribution in [0.1, 0.15) is 49.1 Å². The Hall–Kier alpha value is -1.09. The van der Waals surface area contributed by atoms with Crippen molar-refractivity contribution in [2.75, 3.05) is 0 Å². The van der Waals surface area contributed by atoms with Gasteiger partial charge in [0.15, 0.2) is 0 Å². The molecular weight excluding hydrogens is 314 g/mol. The van der Waals surface area contributed by atoms with Gasteiger partial charge < -0.3 is 4.57 Å². The topological polar surface area (TPSA) is 22.0 Å². The first kappa shape index (κ1) is 12.6. The summed E-state index contributed by atoms with van der Waals surface area (Å²) in [7, 11) is 0. The number of rotatable bonds is 1. The summed E-state index contributed by atoms with van der Waals surface area (Å²) < 4.78 is 3.59. The Morgan fingerprint density at radius 2 is 1.95 bits per heavy atom. The monoisotopic (exact) mass is 331 g/mol. The van der Waals surface area contributed by atoms with Crippen molar-refractivity contribution in [3.8, 4) is 0 Å². The molecule has 2 nitrogen and oxygen atoms in total. The van der Waals surface area contributed by atoms with Gasteiger partial charge in [0.2, 0.25) is 0 Å². The summed E-state index contributed by atoms with van der Waals surface area (Å²) in [5.41, 5.74) is 4.35. The van der Waals surface area contributed by atoms with Gasteiger partial charge in [-0.05, 0) is 64.7 Å². The fourth-order valence-corrected chi connectivity index (χ4v) is 4.38. The van der Waals surface area contributed by atoms with Crippen molar-refractivity contribution in [1.29, 1.82) is 0 Å². The van der Waals surface area contributed by atoms with Crippen LogP contribution < -0.4 is 0 Å². The molecule has 0 radical (unpaired) electrons. The first-order valence-electron chi connectivity index (χ1n) is 7.55. The molecule has 0 bridgehead atoms. The number of aromatic nitrogens is 1. The fraction of sp³-hybridized carbons (Fsp3) is 0.471. The van der Waals surface area contributed by atoms with Crippen molar-refractivity contribution in [1.82, 2.24) is 4.57 Å². The van der Waals surface area contributed by atoms with E-state index in [0.717, 1.165) is 32.2 Å². The Kier molecular flexibility index (Phi) is 2.99. The number of benzene rings is 1. The van der Waals surface area contributed by atoms with Crippen LogP contribution in [0.5, 0.6) is 0 Å². The fourth-order valence-electron chi connectivity index (χ4n) is 3.83. The molecule has 1 aromatic heterocycles. The average molecular weight is 332 g/mol. The molecule has 104 valence electrons. The number of carbonyl (C=O) groups is 1. The Morgan fingerprint density at radius 3 is 2.75 bits per heavy atom. The highest BCUT2D eigenvalue weighted by atomic mass is 79.9. The molecule has 0 N–H and O–H groups in total. The highest BCUT2D eigenvalue weighted by molar-refractivity contribution is 9.10. The molecule has 1 fully saturated rings.